The predicted molar refractivity (Wildman–Crippen MR) is 130 cm³/mol. The molecule has 1 atom stereocenters. The summed E-state index contributed by atoms with van der Waals surface area (Å²) in [6.45, 7) is 23.2. The largest absolute Gasteiger partial charge is 0.462 e. The minimum atomic E-state index is -1.71. The Balaban J connectivity index is 4.47. The molecule has 0 aliphatic rings. The number of ketones is 1. The van der Waals surface area contributed by atoms with Gasteiger partial charge in [-0.2, -0.15) is 0 Å². The number of esters is 1. The molecule has 0 N–H and O–H groups in total. The fourth-order valence-corrected chi connectivity index (χ4v) is 12.2. The van der Waals surface area contributed by atoms with Gasteiger partial charge in [-0.1, -0.05) is 32.9 Å². The van der Waals surface area contributed by atoms with Gasteiger partial charge in [-0.15, -0.1) is 0 Å². The Morgan fingerprint density at radius 2 is 1.47 bits per heavy atom. The van der Waals surface area contributed by atoms with Gasteiger partial charge in [-0.05, 0) is 64.1 Å². The monoisotopic (exact) mass is 456 g/mol. The number of Topliss-reactive ketones (excluding diaryl/α,β-unsaturated/α-hetero) is 1. The van der Waals surface area contributed by atoms with E-state index in [1.165, 1.54) is 18.9 Å². The Bertz CT molecular complexity index is 584. The molecule has 0 saturated carbocycles. The van der Waals surface area contributed by atoms with Crippen LogP contribution in [-0.2, 0) is 23.2 Å². The van der Waals surface area contributed by atoms with Crippen molar-refractivity contribution in [3.63, 3.8) is 0 Å². The lowest BCUT2D eigenvalue weighted by Gasteiger charge is -2.34. The number of hydrogen-bond acceptors (Lipinski definition) is 5. The number of unbranched alkanes of at least 4 members (excludes halogenated alkanes) is 1. The first-order valence-electron chi connectivity index (χ1n) is 11.1. The first-order chi connectivity index (χ1) is 13.8. The SMILES string of the molecule is C=C(C)C(=O)CC(COCCC[Si](C)(C)O[Si](C)(C)CCCC)COC(=O)C(=C)C. The average Bonchev–Trinajstić information content (AvgIpc) is 2.62. The standard InChI is InChI=1S/C23H44O5Si2/c1-10-11-14-29(6,7)28-30(8,9)15-12-13-26-17-21(16-22(24)19(2)3)18-27-23(25)20(4)5/h21H,2,4,10-18H2,1,3,5-9H3. The average molecular weight is 457 g/mol. The zero-order valence-corrected chi connectivity index (χ0v) is 22.4. The van der Waals surface area contributed by atoms with E-state index in [4.69, 9.17) is 13.6 Å². The van der Waals surface area contributed by atoms with Crippen molar-refractivity contribution >= 4 is 28.4 Å². The van der Waals surface area contributed by atoms with E-state index in [1.54, 1.807) is 13.8 Å². The first kappa shape index (κ1) is 29.0. The zero-order valence-electron chi connectivity index (χ0n) is 20.4. The molecule has 0 aromatic rings. The Morgan fingerprint density at radius 1 is 0.900 bits per heavy atom. The van der Waals surface area contributed by atoms with Crippen LogP contribution in [-0.4, -0.2) is 48.2 Å². The van der Waals surface area contributed by atoms with E-state index >= 15 is 0 Å². The summed E-state index contributed by atoms with van der Waals surface area (Å²) in [7, 11) is -3.30. The van der Waals surface area contributed by atoms with Gasteiger partial charge in [0.2, 0.25) is 0 Å². The molecule has 0 heterocycles. The van der Waals surface area contributed by atoms with Crippen molar-refractivity contribution in [3.8, 4) is 0 Å². The van der Waals surface area contributed by atoms with Gasteiger partial charge in [0.25, 0.3) is 0 Å². The highest BCUT2D eigenvalue weighted by Gasteiger charge is 2.32. The third-order valence-electron chi connectivity index (χ3n) is 4.85. The smallest absolute Gasteiger partial charge is 0.333 e. The molecule has 0 aromatic heterocycles. The highest BCUT2D eigenvalue weighted by molar-refractivity contribution is 6.84. The molecular formula is C23H44O5Si2. The van der Waals surface area contributed by atoms with E-state index in [2.05, 4.69) is 46.3 Å². The normalized spacial score (nSPS) is 13.0. The summed E-state index contributed by atoms with van der Waals surface area (Å²) >= 11 is 0. The Labute approximate surface area is 186 Å². The summed E-state index contributed by atoms with van der Waals surface area (Å²) in [6.07, 6.45) is 3.66. The van der Waals surface area contributed by atoms with Gasteiger partial charge in [-0.25, -0.2) is 4.79 Å². The summed E-state index contributed by atoms with van der Waals surface area (Å²) in [5.74, 6) is -0.655. The van der Waals surface area contributed by atoms with Crippen LogP contribution in [0.3, 0.4) is 0 Å². The van der Waals surface area contributed by atoms with E-state index in [9.17, 15) is 9.59 Å². The van der Waals surface area contributed by atoms with E-state index in [0.717, 1.165) is 12.5 Å². The number of carbonyl (C=O) groups is 2. The fourth-order valence-electron chi connectivity index (χ4n) is 3.22. The zero-order chi connectivity index (χ0) is 23.4. The van der Waals surface area contributed by atoms with Crippen LogP contribution in [0.25, 0.3) is 0 Å². The lowest BCUT2D eigenvalue weighted by atomic mass is 10.0. The maximum atomic E-state index is 12.0. The van der Waals surface area contributed by atoms with Crippen LogP contribution in [0.15, 0.2) is 24.3 Å². The second-order valence-corrected chi connectivity index (χ2v) is 18.4. The van der Waals surface area contributed by atoms with Crippen molar-refractivity contribution in [2.45, 2.75) is 84.7 Å². The van der Waals surface area contributed by atoms with Gasteiger partial charge in [0.1, 0.15) is 0 Å². The highest BCUT2D eigenvalue weighted by atomic mass is 28.4. The first-order valence-corrected chi connectivity index (χ1v) is 17.3. The molecule has 0 aliphatic heterocycles. The highest BCUT2D eigenvalue weighted by Crippen LogP contribution is 2.24. The lowest BCUT2D eigenvalue weighted by Crippen LogP contribution is -2.44. The van der Waals surface area contributed by atoms with Gasteiger partial charge < -0.3 is 13.6 Å². The molecule has 0 aromatic carbocycles. The molecule has 1 unspecified atom stereocenters. The number of ether oxygens (including phenoxy) is 2. The fraction of sp³-hybridized carbons (Fsp3) is 0.739. The van der Waals surface area contributed by atoms with Crippen LogP contribution in [0.5, 0.6) is 0 Å². The molecule has 0 saturated heterocycles. The summed E-state index contributed by atoms with van der Waals surface area (Å²) in [6, 6.07) is 2.27. The Hall–Kier alpha value is -1.03. The van der Waals surface area contributed by atoms with Crippen LogP contribution >= 0.6 is 0 Å². The van der Waals surface area contributed by atoms with Crippen LogP contribution in [0, 0.1) is 5.92 Å². The van der Waals surface area contributed by atoms with Crippen LogP contribution < -0.4 is 0 Å². The molecule has 0 spiro atoms. The van der Waals surface area contributed by atoms with E-state index in [-0.39, 0.29) is 24.7 Å². The van der Waals surface area contributed by atoms with Crippen molar-refractivity contribution < 1.29 is 23.2 Å². The van der Waals surface area contributed by atoms with Crippen LogP contribution in [0.1, 0.15) is 46.5 Å². The number of allylic oxidation sites excluding steroid dienone is 1. The van der Waals surface area contributed by atoms with Crippen molar-refractivity contribution in [2.24, 2.45) is 5.92 Å². The van der Waals surface area contributed by atoms with Gasteiger partial charge in [0.05, 0.1) is 13.2 Å². The summed E-state index contributed by atoms with van der Waals surface area (Å²) < 4.78 is 17.7. The third kappa shape index (κ3) is 14.1. The minimum Gasteiger partial charge on any atom is -0.462 e. The van der Waals surface area contributed by atoms with Crippen LogP contribution in [0.2, 0.25) is 38.3 Å². The number of hydrogen-bond donors (Lipinski definition) is 0. The second kappa shape index (κ2) is 14.1. The third-order valence-corrected chi connectivity index (χ3v) is 12.4. The summed E-state index contributed by atoms with van der Waals surface area (Å²) in [4.78, 5) is 23.7. The molecule has 0 aliphatic carbocycles. The Morgan fingerprint density at radius 3 is 1.97 bits per heavy atom. The Kier molecular flexibility index (Phi) is 13.6. The maximum absolute atomic E-state index is 12.0. The predicted octanol–water partition coefficient (Wildman–Crippen LogP) is 5.89. The molecule has 0 radical (unpaired) electrons. The number of rotatable bonds is 17. The van der Waals surface area contributed by atoms with Crippen molar-refractivity contribution in [1.29, 1.82) is 0 Å². The minimum absolute atomic E-state index is 0.0313. The van der Waals surface area contributed by atoms with Crippen molar-refractivity contribution in [3.05, 3.63) is 24.3 Å². The molecule has 30 heavy (non-hydrogen) atoms. The van der Waals surface area contributed by atoms with Gasteiger partial charge in [0.15, 0.2) is 22.4 Å². The maximum Gasteiger partial charge on any atom is 0.333 e. The van der Waals surface area contributed by atoms with Gasteiger partial charge in [-0.3, -0.25) is 4.79 Å². The van der Waals surface area contributed by atoms with Crippen molar-refractivity contribution in [2.75, 3.05) is 19.8 Å². The number of carbonyl (C=O) groups excluding carboxylic acids is 2. The molecular weight excluding hydrogens is 412 g/mol. The second-order valence-electron chi connectivity index (χ2n) is 9.56. The molecule has 0 amide bonds. The lowest BCUT2D eigenvalue weighted by molar-refractivity contribution is -0.141. The molecule has 5 nitrogen and oxygen atoms in total. The summed E-state index contributed by atoms with van der Waals surface area (Å²) in [5, 5.41) is 0. The van der Waals surface area contributed by atoms with Crippen molar-refractivity contribution in [1.82, 2.24) is 0 Å². The van der Waals surface area contributed by atoms with Crippen LogP contribution in [0.4, 0.5) is 0 Å². The molecule has 0 rings (SSSR count). The van der Waals surface area contributed by atoms with E-state index in [1.807, 2.05) is 0 Å². The van der Waals surface area contributed by atoms with E-state index < -0.39 is 22.6 Å². The molecule has 174 valence electrons. The topological polar surface area (TPSA) is 61.8 Å². The van der Waals surface area contributed by atoms with E-state index in [0.29, 0.717) is 24.4 Å². The summed E-state index contributed by atoms with van der Waals surface area (Å²) in [5.41, 5.74) is 0.851. The quantitative estimate of drug-likeness (QED) is 0.118. The molecule has 0 bridgehead atoms. The molecule has 7 heteroatoms. The van der Waals surface area contributed by atoms with Gasteiger partial charge >= 0.3 is 5.97 Å². The van der Waals surface area contributed by atoms with Gasteiger partial charge in [0, 0.05) is 24.5 Å². The molecule has 0 fully saturated rings.